The Hall–Kier alpha value is -4.00. The van der Waals surface area contributed by atoms with Crippen LogP contribution in [0.15, 0.2) is 40.5 Å². The van der Waals surface area contributed by atoms with Crippen LogP contribution in [0.4, 0.5) is 5.82 Å². The molecule has 0 amide bonds. The number of nitrogens with one attached hydrogen (secondary N) is 1. The van der Waals surface area contributed by atoms with Gasteiger partial charge in [-0.15, -0.1) is 0 Å². The number of aromatic nitrogens is 7. The van der Waals surface area contributed by atoms with E-state index < -0.39 is 9.84 Å². The SMILES string of the molecule is CCCC(C)n1c(=O)c(NCc2ccc(S(=O)(=O)CC)cn2)nc2cnc(-c3c(OC)ncnc3C3CC3)nc21. The van der Waals surface area contributed by atoms with Crippen LogP contribution in [0.25, 0.3) is 22.6 Å². The minimum absolute atomic E-state index is 0.00146. The summed E-state index contributed by atoms with van der Waals surface area (Å²) in [5, 5.41) is 3.08. The van der Waals surface area contributed by atoms with Gasteiger partial charge in [0, 0.05) is 18.2 Å². The number of hydrogen-bond donors (Lipinski definition) is 1. The van der Waals surface area contributed by atoms with Crippen LogP contribution in [0.3, 0.4) is 0 Å². The summed E-state index contributed by atoms with van der Waals surface area (Å²) in [6.45, 7) is 5.81. The van der Waals surface area contributed by atoms with Crippen molar-refractivity contribution in [3.8, 4) is 17.3 Å². The van der Waals surface area contributed by atoms with Gasteiger partial charge in [-0.3, -0.25) is 14.3 Å². The first kappa shape index (κ1) is 27.6. The first-order chi connectivity index (χ1) is 19.3. The van der Waals surface area contributed by atoms with Gasteiger partial charge in [-0.05, 0) is 38.3 Å². The summed E-state index contributed by atoms with van der Waals surface area (Å²) in [4.78, 5) is 40.9. The van der Waals surface area contributed by atoms with E-state index in [1.807, 2.05) is 6.92 Å². The summed E-state index contributed by atoms with van der Waals surface area (Å²) in [6.07, 6.45) is 8.12. The molecule has 1 aliphatic rings. The van der Waals surface area contributed by atoms with E-state index in [-0.39, 0.29) is 34.6 Å². The molecule has 210 valence electrons. The van der Waals surface area contributed by atoms with Crippen LogP contribution in [0.5, 0.6) is 5.88 Å². The van der Waals surface area contributed by atoms with Gasteiger partial charge in [-0.2, -0.15) is 0 Å². The second-order valence-electron chi connectivity index (χ2n) is 9.84. The van der Waals surface area contributed by atoms with Crippen LogP contribution < -0.4 is 15.6 Å². The van der Waals surface area contributed by atoms with Crippen LogP contribution in [-0.2, 0) is 16.4 Å². The van der Waals surface area contributed by atoms with Gasteiger partial charge in [0.1, 0.15) is 17.4 Å². The highest BCUT2D eigenvalue weighted by molar-refractivity contribution is 7.91. The number of sulfone groups is 1. The lowest BCUT2D eigenvalue weighted by Crippen LogP contribution is -2.28. The summed E-state index contributed by atoms with van der Waals surface area (Å²) in [7, 11) is -1.80. The van der Waals surface area contributed by atoms with Gasteiger partial charge >= 0.3 is 0 Å². The van der Waals surface area contributed by atoms with E-state index >= 15 is 0 Å². The van der Waals surface area contributed by atoms with Crippen molar-refractivity contribution < 1.29 is 13.2 Å². The van der Waals surface area contributed by atoms with E-state index in [2.05, 4.69) is 37.2 Å². The molecule has 4 heterocycles. The summed E-state index contributed by atoms with van der Waals surface area (Å²) >= 11 is 0. The zero-order valence-corrected chi connectivity index (χ0v) is 23.8. The number of anilines is 1. The molecule has 0 radical (unpaired) electrons. The van der Waals surface area contributed by atoms with Gasteiger partial charge in [0.15, 0.2) is 27.1 Å². The summed E-state index contributed by atoms with van der Waals surface area (Å²) in [6, 6.07) is 2.99. The first-order valence-corrected chi connectivity index (χ1v) is 15.0. The molecule has 13 heteroatoms. The van der Waals surface area contributed by atoms with Gasteiger partial charge in [-0.25, -0.2) is 33.3 Å². The van der Waals surface area contributed by atoms with Gasteiger partial charge in [-0.1, -0.05) is 20.3 Å². The van der Waals surface area contributed by atoms with Crippen molar-refractivity contribution in [1.29, 1.82) is 0 Å². The maximum atomic E-state index is 13.7. The van der Waals surface area contributed by atoms with Crippen LogP contribution in [0.1, 0.15) is 69.8 Å². The van der Waals surface area contributed by atoms with Crippen molar-refractivity contribution in [1.82, 2.24) is 34.5 Å². The molecule has 1 saturated carbocycles. The molecule has 4 aromatic rings. The Bertz CT molecular complexity index is 1700. The molecule has 4 aromatic heterocycles. The normalized spacial score (nSPS) is 14.3. The van der Waals surface area contributed by atoms with Gasteiger partial charge < -0.3 is 10.1 Å². The molecule has 0 aromatic carbocycles. The number of methoxy groups -OCH3 is 1. The van der Waals surface area contributed by atoms with Gasteiger partial charge in [0.05, 0.1) is 41.9 Å². The van der Waals surface area contributed by atoms with Crippen molar-refractivity contribution in [3.63, 3.8) is 0 Å². The van der Waals surface area contributed by atoms with Crippen molar-refractivity contribution in [2.75, 3.05) is 18.2 Å². The smallest absolute Gasteiger partial charge is 0.295 e. The average molecular weight is 565 g/mol. The fourth-order valence-electron chi connectivity index (χ4n) is 4.65. The molecule has 0 aliphatic heterocycles. The number of fused-ring (bicyclic) bond motifs is 1. The lowest BCUT2D eigenvalue weighted by molar-refractivity contribution is 0.397. The molecule has 0 saturated heterocycles. The van der Waals surface area contributed by atoms with Crippen molar-refractivity contribution in [2.24, 2.45) is 0 Å². The molecule has 1 atom stereocenters. The Morgan fingerprint density at radius 3 is 2.55 bits per heavy atom. The number of ether oxygens (including phenoxy) is 1. The second-order valence-corrected chi connectivity index (χ2v) is 12.1. The second kappa shape index (κ2) is 11.2. The topological polar surface area (TPSA) is 155 Å². The Morgan fingerprint density at radius 1 is 1.10 bits per heavy atom. The van der Waals surface area contributed by atoms with Crippen LogP contribution in [0.2, 0.25) is 0 Å². The van der Waals surface area contributed by atoms with E-state index in [0.717, 1.165) is 31.4 Å². The maximum Gasteiger partial charge on any atom is 0.295 e. The molecule has 1 fully saturated rings. The zero-order chi connectivity index (χ0) is 28.4. The molecular formula is C27H32N8O4S. The zero-order valence-electron chi connectivity index (χ0n) is 23.0. The van der Waals surface area contributed by atoms with Crippen LogP contribution in [0, 0.1) is 0 Å². The van der Waals surface area contributed by atoms with E-state index in [0.29, 0.717) is 40.0 Å². The predicted molar refractivity (Wildman–Crippen MR) is 150 cm³/mol. The highest BCUT2D eigenvalue weighted by atomic mass is 32.2. The van der Waals surface area contributed by atoms with Crippen molar-refractivity contribution in [2.45, 2.75) is 69.9 Å². The number of nitrogens with zero attached hydrogens (tertiary/aromatic N) is 7. The molecule has 5 rings (SSSR count). The minimum Gasteiger partial charge on any atom is -0.480 e. The molecular weight excluding hydrogens is 532 g/mol. The van der Waals surface area contributed by atoms with Gasteiger partial charge in [0.2, 0.25) is 5.88 Å². The van der Waals surface area contributed by atoms with E-state index in [1.54, 1.807) is 30.9 Å². The molecule has 1 N–H and O–H groups in total. The summed E-state index contributed by atoms with van der Waals surface area (Å²) in [5.74, 6) is 1.22. The number of rotatable bonds is 11. The monoisotopic (exact) mass is 564 g/mol. The highest BCUT2D eigenvalue weighted by Crippen LogP contribution is 2.44. The molecule has 0 spiro atoms. The Balaban J connectivity index is 1.55. The maximum absolute atomic E-state index is 13.7. The quantitative estimate of drug-likeness (QED) is 0.283. The van der Waals surface area contributed by atoms with Crippen molar-refractivity contribution >= 4 is 26.8 Å². The fraction of sp³-hybridized carbons (Fsp3) is 0.444. The third kappa shape index (κ3) is 5.37. The minimum atomic E-state index is -3.34. The number of pyridine rings is 1. The third-order valence-electron chi connectivity index (χ3n) is 6.98. The Labute approximate surface area is 232 Å². The van der Waals surface area contributed by atoms with Crippen LogP contribution >= 0.6 is 0 Å². The molecule has 0 bridgehead atoms. The van der Waals surface area contributed by atoms with Crippen molar-refractivity contribution in [3.05, 3.63) is 52.6 Å². The average Bonchev–Trinajstić information content (AvgIpc) is 3.81. The lowest BCUT2D eigenvalue weighted by atomic mass is 10.1. The standard InChI is InChI=1S/C27H32N8O4S/c1-5-7-16(3)35-25-20(14-30-23(34-25)21-22(17-8-9-17)31-15-32-26(21)39-4)33-24(27(35)36)29-12-18-10-11-19(13-28-18)40(37,38)6-2/h10-11,13-17H,5-9,12H2,1-4H3,(H,29,33). The van der Waals surface area contributed by atoms with E-state index in [9.17, 15) is 13.2 Å². The number of hydrogen-bond acceptors (Lipinski definition) is 11. The fourth-order valence-corrected chi connectivity index (χ4v) is 5.47. The third-order valence-corrected chi connectivity index (χ3v) is 8.70. The largest absolute Gasteiger partial charge is 0.480 e. The summed E-state index contributed by atoms with van der Waals surface area (Å²) in [5.41, 5.74) is 2.61. The lowest BCUT2D eigenvalue weighted by Gasteiger charge is -2.19. The van der Waals surface area contributed by atoms with Gasteiger partial charge in [0.25, 0.3) is 5.56 Å². The van der Waals surface area contributed by atoms with Crippen LogP contribution in [-0.4, -0.2) is 55.8 Å². The van der Waals surface area contributed by atoms with E-state index in [1.165, 1.54) is 18.6 Å². The molecule has 1 aliphatic carbocycles. The Kier molecular flexibility index (Phi) is 7.74. The Morgan fingerprint density at radius 2 is 1.90 bits per heavy atom. The van der Waals surface area contributed by atoms with E-state index in [4.69, 9.17) is 9.72 Å². The predicted octanol–water partition coefficient (Wildman–Crippen LogP) is 3.69. The highest BCUT2D eigenvalue weighted by Gasteiger charge is 2.31. The molecule has 40 heavy (non-hydrogen) atoms. The molecule has 1 unspecified atom stereocenters. The summed E-state index contributed by atoms with van der Waals surface area (Å²) < 4.78 is 31.4. The molecule has 12 nitrogen and oxygen atoms in total. The first-order valence-electron chi connectivity index (χ1n) is 13.4.